The van der Waals surface area contributed by atoms with Gasteiger partial charge in [0.15, 0.2) is 5.82 Å². The molecule has 0 unspecified atom stereocenters. The maximum Gasteiger partial charge on any atom is 0.243 e. The summed E-state index contributed by atoms with van der Waals surface area (Å²) in [5.41, 5.74) is 4.88. The standard InChI is InChI=1S/C34H46Cl2F2N6O3/c1-32(2,3)16-26-34(39,23-12-11-20(35)15-25(23)37)28(22-9-8-10-24(36)29(22)38)30(40-26)31(46)41-27-13-14-44(42-27)19-33(4,5)47-18-21(45)17-43(6)7/h8-15,21,26,28,30,40,45H,16-19,39H2,1-7H3,(H,41,42,46)/t21-,26+,28+,30-,34-/m0/s1. The molecule has 1 amide bonds. The molecule has 2 aromatic carbocycles. The lowest BCUT2D eigenvalue weighted by atomic mass is 9.68. The number of halogens is 4. The fourth-order valence-corrected chi connectivity index (χ4v) is 6.70. The topological polar surface area (TPSA) is 118 Å². The fourth-order valence-electron chi connectivity index (χ4n) is 6.36. The molecule has 47 heavy (non-hydrogen) atoms. The maximum absolute atomic E-state index is 15.8. The summed E-state index contributed by atoms with van der Waals surface area (Å²) >= 11 is 12.3. The number of likely N-dealkylation sites (N-methyl/N-ethyl adjacent to an activating group) is 1. The van der Waals surface area contributed by atoms with Crippen molar-refractivity contribution in [2.75, 3.05) is 32.6 Å². The number of carbonyl (C=O) groups is 1. The number of aliphatic hydroxyl groups excluding tert-OH is 1. The van der Waals surface area contributed by atoms with Gasteiger partial charge in [0.2, 0.25) is 5.91 Å². The van der Waals surface area contributed by atoms with Crippen LogP contribution in [-0.2, 0) is 21.6 Å². The van der Waals surface area contributed by atoms with Crippen molar-refractivity contribution < 1.29 is 23.4 Å². The second-order valence-corrected chi connectivity index (χ2v) is 15.4. The number of nitrogens with two attached hydrogens (primary N) is 1. The van der Waals surface area contributed by atoms with Crippen molar-refractivity contribution in [2.45, 2.75) is 82.8 Å². The van der Waals surface area contributed by atoms with Crippen LogP contribution in [0.2, 0.25) is 10.0 Å². The SMILES string of the molecule is CN(C)C[C@H](O)COC(C)(C)Cn1ccc(NC(=O)[C@H]2N[C@H](CC(C)(C)C)[C@@](N)(c3ccc(Cl)cc3F)[C@@H]2c2cccc(Cl)c2F)n1. The number of ether oxygens (including phenoxy) is 1. The van der Waals surface area contributed by atoms with Crippen molar-refractivity contribution in [3.8, 4) is 0 Å². The summed E-state index contributed by atoms with van der Waals surface area (Å²) in [6.07, 6.45) is 1.48. The number of carbonyl (C=O) groups excluding carboxylic acids is 1. The number of rotatable bonds is 12. The van der Waals surface area contributed by atoms with Crippen LogP contribution in [0.5, 0.6) is 0 Å². The summed E-state index contributed by atoms with van der Waals surface area (Å²) in [6, 6.07) is 8.59. The highest BCUT2D eigenvalue weighted by atomic mass is 35.5. The second kappa shape index (κ2) is 14.5. The van der Waals surface area contributed by atoms with Crippen LogP contribution in [0.3, 0.4) is 0 Å². The van der Waals surface area contributed by atoms with Crippen LogP contribution in [0.15, 0.2) is 48.7 Å². The summed E-state index contributed by atoms with van der Waals surface area (Å²) in [7, 11) is 3.74. The molecule has 0 radical (unpaired) electrons. The third-order valence-corrected chi connectivity index (χ3v) is 8.82. The Bertz CT molecular complexity index is 1560. The van der Waals surface area contributed by atoms with E-state index in [4.69, 9.17) is 33.7 Å². The van der Waals surface area contributed by atoms with Crippen molar-refractivity contribution >= 4 is 34.9 Å². The molecule has 4 rings (SSSR count). The number of amides is 1. The molecule has 0 bridgehead atoms. The number of benzene rings is 2. The summed E-state index contributed by atoms with van der Waals surface area (Å²) in [5, 5.41) is 21.0. The highest BCUT2D eigenvalue weighted by molar-refractivity contribution is 6.31. The van der Waals surface area contributed by atoms with Crippen molar-refractivity contribution in [2.24, 2.45) is 11.1 Å². The van der Waals surface area contributed by atoms with Gasteiger partial charge in [0.05, 0.1) is 41.5 Å². The van der Waals surface area contributed by atoms with E-state index in [1.165, 1.54) is 30.3 Å². The maximum atomic E-state index is 15.8. The summed E-state index contributed by atoms with van der Waals surface area (Å²) in [5.74, 6) is -2.74. The quantitative estimate of drug-likeness (QED) is 0.197. The molecule has 0 spiro atoms. The summed E-state index contributed by atoms with van der Waals surface area (Å²) < 4.78 is 39.2. The zero-order chi connectivity index (χ0) is 34.9. The minimum absolute atomic E-state index is 0.0827. The van der Waals surface area contributed by atoms with E-state index in [1.807, 2.05) is 53.6 Å². The molecular weight excluding hydrogens is 649 g/mol. The summed E-state index contributed by atoms with van der Waals surface area (Å²) in [6.45, 7) is 10.8. The third kappa shape index (κ3) is 8.89. The van der Waals surface area contributed by atoms with Crippen molar-refractivity contribution in [1.29, 1.82) is 0 Å². The monoisotopic (exact) mass is 694 g/mol. The largest absolute Gasteiger partial charge is 0.389 e. The van der Waals surface area contributed by atoms with E-state index in [9.17, 15) is 9.90 Å². The van der Waals surface area contributed by atoms with E-state index in [-0.39, 0.29) is 39.0 Å². The van der Waals surface area contributed by atoms with Crippen molar-refractivity contribution in [3.63, 3.8) is 0 Å². The number of hydrogen-bond donors (Lipinski definition) is 4. The Morgan fingerprint density at radius 2 is 1.89 bits per heavy atom. The van der Waals surface area contributed by atoms with Gasteiger partial charge in [-0.1, -0.05) is 62.2 Å². The number of hydrogen-bond acceptors (Lipinski definition) is 7. The normalized spacial score (nSPS) is 22.6. The lowest BCUT2D eigenvalue weighted by Gasteiger charge is -2.40. The van der Waals surface area contributed by atoms with Crippen LogP contribution in [0.1, 0.15) is 58.1 Å². The van der Waals surface area contributed by atoms with Gasteiger partial charge in [0.25, 0.3) is 0 Å². The lowest BCUT2D eigenvalue weighted by molar-refractivity contribution is -0.118. The van der Waals surface area contributed by atoms with Crippen LogP contribution in [0.4, 0.5) is 14.6 Å². The van der Waals surface area contributed by atoms with E-state index in [2.05, 4.69) is 15.7 Å². The van der Waals surface area contributed by atoms with Gasteiger partial charge in [-0.25, -0.2) is 8.78 Å². The molecule has 0 aliphatic carbocycles. The van der Waals surface area contributed by atoms with Crippen LogP contribution in [0.25, 0.3) is 0 Å². The third-order valence-electron chi connectivity index (χ3n) is 8.30. The minimum atomic E-state index is -1.59. The molecule has 2 heterocycles. The van der Waals surface area contributed by atoms with E-state index in [0.717, 1.165) is 0 Å². The number of aromatic nitrogens is 2. The molecule has 258 valence electrons. The summed E-state index contributed by atoms with van der Waals surface area (Å²) in [4.78, 5) is 16.0. The zero-order valence-corrected chi connectivity index (χ0v) is 29.5. The Morgan fingerprint density at radius 1 is 1.19 bits per heavy atom. The smallest absolute Gasteiger partial charge is 0.243 e. The van der Waals surface area contributed by atoms with Gasteiger partial charge in [0, 0.05) is 41.4 Å². The zero-order valence-electron chi connectivity index (χ0n) is 28.0. The Balaban J connectivity index is 1.67. The number of nitrogens with zero attached hydrogens (tertiary/aromatic N) is 3. The van der Waals surface area contributed by atoms with Gasteiger partial charge in [-0.3, -0.25) is 9.48 Å². The first kappa shape index (κ1) is 37.2. The number of nitrogens with one attached hydrogen (secondary N) is 2. The molecule has 3 aromatic rings. The number of aliphatic hydroxyl groups is 1. The fraction of sp³-hybridized carbons (Fsp3) is 0.529. The lowest BCUT2D eigenvalue weighted by Crippen LogP contribution is -2.52. The highest BCUT2D eigenvalue weighted by Gasteiger charge is 2.58. The van der Waals surface area contributed by atoms with Gasteiger partial charge in [-0.05, 0) is 63.5 Å². The second-order valence-electron chi connectivity index (χ2n) is 14.5. The predicted octanol–water partition coefficient (Wildman–Crippen LogP) is 5.54. The van der Waals surface area contributed by atoms with Crippen LogP contribution in [-0.4, -0.2) is 76.7 Å². The van der Waals surface area contributed by atoms with Crippen LogP contribution < -0.4 is 16.4 Å². The van der Waals surface area contributed by atoms with Crippen molar-refractivity contribution in [1.82, 2.24) is 20.0 Å². The minimum Gasteiger partial charge on any atom is -0.389 e. The van der Waals surface area contributed by atoms with Crippen molar-refractivity contribution in [3.05, 3.63) is 81.5 Å². The van der Waals surface area contributed by atoms with Gasteiger partial charge in [-0.15, -0.1) is 0 Å². The van der Waals surface area contributed by atoms with Gasteiger partial charge >= 0.3 is 0 Å². The van der Waals surface area contributed by atoms with Crippen LogP contribution >= 0.6 is 23.2 Å². The molecule has 1 aliphatic heterocycles. The molecule has 1 saturated heterocycles. The predicted molar refractivity (Wildman–Crippen MR) is 182 cm³/mol. The van der Waals surface area contributed by atoms with Gasteiger partial charge in [0.1, 0.15) is 11.6 Å². The average Bonchev–Trinajstić information content (AvgIpc) is 3.49. The Kier molecular flexibility index (Phi) is 11.4. The van der Waals surface area contributed by atoms with Crippen LogP contribution in [0, 0.1) is 17.0 Å². The Labute approximate surface area is 285 Å². The first-order valence-corrected chi connectivity index (χ1v) is 16.3. The molecule has 1 aromatic heterocycles. The molecule has 5 atom stereocenters. The average molecular weight is 696 g/mol. The van der Waals surface area contributed by atoms with Gasteiger partial charge in [-0.2, -0.15) is 5.10 Å². The number of anilines is 1. The molecule has 13 heteroatoms. The molecule has 9 nitrogen and oxygen atoms in total. The molecule has 1 aliphatic rings. The molecule has 1 fully saturated rings. The van der Waals surface area contributed by atoms with Gasteiger partial charge < -0.3 is 31.1 Å². The van der Waals surface area contributed by atoms with E-state index in [0.29, 0.717) is 19.5 Å². The Hall–Kier alpha value is -2.64. The first-order chi connectivity index (χ1) is 21.8. The van der Waals surface area contributed by atoms with E-state index >= 15 is 8.78 Å². The first-order valence-electron chi connectivity index (χ1n) is 15.6. The Morgan fingerprint density at radius 3 is 2.53 bits per heavy atom. The highest BCUT2D eigenvalue weighted by Crippen LogP contribution is 2.50. The molecule has 0 saturated carbocycles. The van der Waals surface area contributed by atoms with E-state index in [1.54, 1.807) is 23.0 Å². The van der Waals surface area contributed by atoms with E-state index < -0.39 is 52.8 Å². The molecular formula is C34H46Cl2F2N6O3. The molecule has 5 N–H and O–H groups in total.